The fourth-order valence-electron chi connectivity index (χ4n) is 11.3. The number of ether oxygens (including phenoxy) is 7. The molecule has 22 nitrogen and oxygen atoms in total. The zero-order valence-corrected chi connectivity index (χ0v) is 74.9. The smallest absolute Gasteiger partial charge is 0.481 e. The largest absolute Gasteiger partial charge is 0.573 e. The van der Waals surface area contributed by atoms with Crippen molar-refractivity contribution < 1.29 is 115 Å². The lowest BCUT2D eigenvalue weighted by Crippen LogP contribution is -2.24. The predicted octanol–water partition coefficient (Wildman–Crippen LogP) is 20.8. The summed E-state index contributed by atoms with van der Waals surface area (Å²) in [6.07, 6.45) is -12.4. The highest BCUT2D eigenvalue weighted by molar-refractivity contribution is 5.86. The second kappa shape index (κ2) is 45.7. The van der Waals surface area contributed by atoms with Gasteiger partial charge in [0.2, 0.25) is 0 Å². The number of alkyl halides is 10. The zero-order valence-electron chi connectivity index (χ0n) is 74.1. The van der Waals surface area contributed by atoms with Gasteiger partial charge in [-0.05, 0) is 145 Å². The Kier molecular flexibility index (Phi) is 39.2. The van der Waals surface area contributed by atoms with Crippen LogP contribution in [0.4, 0.5) is 52.7 Å². The minimum Gasteiger partial charge on any atom is -0.481 e. The van der Waals surface area contributed by atoms with E-state index >= 15 is 0 Å². The van der Waals surface area contributed by atoms with Crippen LogP contribution in [0.3, 0.4) is 0 Å². The molecule has 0 radical (unpaired) electrons. The number of carbonyl (C=O) groups excluding carboxylic acids is 3. The molecule has 0 saturated heterocycles. The molecule has 0 aliphatic carbocycles. The molecule has 4 aromatic heterocycles. The first-order chi connectivity index (χ1) is 57.2. The number of aromatic amines is 1. The van der Waals surface area contributed by atoms with Crippen LogP contribution in [0.15, 0.2) is 133 Å². The maximum absolute atomic E-state index is 14.5. The van der Waals surface area contributed by atoms with Gasteiger partial charge in [-0.2, -0.15) is 20.4 Å². The minimum absolute atomic E-state index is 0. The number of nitrogens with two attached hydrogens (primary N) is 1. The second-order valence-corrected chi connectivity index (χ2v) is 35.1. The van der Waals surface area contributed by atoms with Crippen LogP contribution in [-0.2, 0) is 98.8 Å². The Bertz CT molecular complexity index is 4940. The van der Waals surface area contributed by atoms with Gasteiger partial charge in [-0.15, -0.1) is 51.9 Å². The predicted molar refractivity (Wildman–Crippen MR) is 451 cm³/mol. The summed E-state index contributed by atoms with van der Waals surface area (Å²) in [5, 5.41) is 38.5. The number of aryl methyl sites for hydroxylation is 3. The van der Waals surface area contributed by atoms with Crippen molar-refractivity contribution in [1.82, 2.24) is 39.5 Å². The SMILES string of the molecule is CC(C(=O)CCc1cc(C(C)(C)C)nn1-c1cccc(OC(F)(F)F)c1)c1ccc(COCCO)c(F)c1.CC(C(=O)O)c1ccc(COCCF)c(F)c1.CC(C)(C)OC(=O)CCc1cc(C(C)(C)C)n[nH]1.CC(C)(C)OC(=O)CCc1cc(C(C)(C)C)nn1-c1cccc(OC(F)(F)F)c1.CC(C)(C)c1cc(CN)n(-c2cccc(OC(F)(F)F)c2)n1.Cl. The third-order valence-corrected chi connectivity index (χ3v) is 17.8. The molecule has 690 valence electrons. The van der Waals surface area contributed by atoms with Gasteiger partial charge in [0, 0.05) is 93.4 Å². The van der Waals surface area contributed by atoms with E-state index in [0.717, 1.165) is 28.5 Å². The number of nitrogens with one attached hydrogen (secondary N) is 1. The monoisotopic (exact) mass is 1790 g/mol. The van der Waals surface area contributed by atoms with Crippen molar-refractivity contribution in [2.75, 3.05) is 26.5 Å². The second-order valence-electron chi connectivity index (χ2n) is 35.1. The number of benzene rings is 5. The molecule has 0 aliphatic rings. The fourth-order valence-corrected chi connectivity index (χ4v) is 11.3. The molecule has 0 aliphatic heterocycles. The van der Waals surface area contributed by atoms with Gasteiger partial charge < -0.3 is 49.1 Å². The topological polar surface area (TPSA) is 282 Å². The lowest BCUT2D eigenvalue weighted by molar-refractivity contribution is -0.275. The van der Waals surface area contributed by atoms with Crippen molar-refractivity contribution in [2.45, 2.75) is 261 Å². The number of carboxylic acid groups (broad SMARTS) is 1. The van der Waals surface area contributed by atoms with Gasteiger partial charge >= 0.3 is 37.0 Å². The number of aliphatic hydroxyl groups is 1. The maximum atomic E-state index is 14.5. The maximum Gasteiger partial charge on any atom is 0.573 e. The lowest BCUT2D eigenvalue weighted by Gasteiger charge is -2.19. The Morgan fingerprint density at radius 1 is 0.456 bits per heavy atom. The fraction of sp³-hybridized carbons (Fsp3) is 0.489. The van der Waals surface area contributed by atoms with Crippen LogP contribution in [0.25, 0.3) is 17.1 Å². The van der Waals surface area contributed by atoms with Crippen LogP contribution in [0.1, 0.15) is 237 Å². The number of ketones is 1. The molecule has 0 saturated carbocycles. The van der Waals surface area contributed by atoms with Crippen LogP contribution < -0.4 is 19.9 Å². The number of aliphatic hydroxyl groups excluding tert-OH is 1. The molecule has 4 heterocycles. The first-order valence-corrected chi connectivity index (χ1v) is 39.9. The Morgan fingerprint density at radius 3 is 1.14 bits per heavy atom. The van der Waals surface area contributed by atoms with E-state index in [1.54, 1.807) is 67.4 Å². The van der Waals surface area contributed by atoms with Crippen LogP contribution in [-0.4, -0.2) is 130 Å². The minimum atomic E-state index is -4.82. The highest BCUT2D eigenvalue weighted by Crippen LogP contribution is 2.34. The van der Waals surface area contributed by atoms with Crippen molar-refractivity contribution in [3.05, 3.63) is 213 Å². The van der Waals surface area contributed by atoms with E-state index in [4.69, 9.17) is 34.9 Å². The first kappa shape index (κ1) is 107. The summed E-state index contributed by atoms with van der Waals surface area (Å²) in [6, 6.07) is 33.1. The molecule has 9 rings (SSSR count). The van der Waals surface area contributed by atoms with Crippen molar-refractivity contribution in [2.24, 2.45) is 5.73 Å². The summed E-state index contributed by atoms with van der Waals surface area (Å²) in [5.74, 6) is -5.00. The van der Waals surface area contributed by atoms with Gasteiger partial charge in [-0.25, -0.2) is 27.2 Å². The molecule has 0 bridgehead atoms. The Balaban J connectivity index is 0.000000338. The molecule has 5 N–H and O–H groups in total. The number of Topliss-reactive ketones (excluding diaryl/α,β-unsaturated/α-hetero) is 1. The molecule has 9 aromatic rings. The lowest BCUT2D eigenvalue weighted by atomic mass is 9.91. The van der Waals surface area contributed by atoms with Gasteiger partial charge in [0.25, 0.3) is 0 Å². The summed E-state index contributed by atoms with van der Waals surface area (Å²) >= 11 is 0. The molecule has 2 unspecified atom stereocenters. The Hall–Kier alpha value is -10.3. The number of halogens is 13. The molecule has 0 amide bonds. The summed E-state index contributed by atoms with van der Waals surface area (Å²) in [6.45, 7) is 37.9. The number of hydrogen-bond acceptors (Lipinski definition) is 17. The van der Waals surface area contributed by atoms with E-state index in [1.807, 2.05) is 107 Å². The van der Waals surface area contributed by atoms with Crippen LogP contribution in [0.2, 0.25) is 0 Å². The number of rotatable bonds is 28. The number of carboxylic acids is 1. The van der Waals surface area contributed by atoms with Crippen molar-refractivity contribution >= 4 is 36.1 Å². The highest BCUT2D eigenvalue weighted by Gasteiger charge is 2.35. The van der Waals surface area contributed by atoms with Gasteiger partial charge in [0.1, 0.15) is 52.5 Å². The van der Waals surface area contributed by atoms with Gasteiger partial charge in [0.05, 0.1) is 97.3 Å². The van der Waals surface area contributed by atoms with Crippen LogP contribution >= 0.6 is 12.4 Å². The van der Waals surface area contributed by atoms with E-state index in [9.17, 15) is 71.9 Å². The summed E-state index contributed by atoms with van der Waals surface area (Å²) in [7, 11) is 0. The average molecular weight is 1800 g/mol. The third-order valence-electron chi connectivity index (χ3n) is 17.8. The molecule has 0 spiro atoms. The molecule has 5 aromatic carbocycles. The molecule has 35 heteroatoms. The number of nitrogens with zero attached hydrogens (tertiary/aromatic N) is 7. The number of aromatic nitrogens is 8. The highest BCUT2D eigenvalue weighted by atomic mass is 35.5. The summed E-state index contributed by atoms with van der Waals surface area (Å²) in [5.41, 5.74) is 13.1. The van der Waals surface area contributed by atoms with Crippen molar-refractivity contribution in [3.8, 4) is 34.3 Å². The molecule has 0 fully saturated rings. The summed E-state index contributed by atoms with van der Waals surface area (Å²) in [4.78, 5) is 47.4. The van der Waals surface area contributed by atoms with E-state index < -0.39 is 66.4 Å². The first-order valence-electron chi connectivity index (χ1n) is 39.9. The number of hydrogen-bond donors (Lipinski definition) is 4. The van der Waals surface area contributed by atoms with E-state index in [-0.39, 0.29) is 128 Å². The number of carbonyl (C=O) groups is 4. The molecule has 2 atom stereocenters. The van der Waals surface area contributed by atoms with Crippen molar-refractivity contribution in [1.29, 1.82) is 0 Å². The Morgan fingerprint density at radius 2 is 0.808 bits per heavy atom. The average Bonchev–Trinajstić information content (AvgIpc) is 1.66. The summed E-state index contributed by atoms with van der Waals surface area (Å²) < 4.78 is 190. The molecular formula is C90H116ClF12N9O13. The van der Waals surface area contributed by atoms with E-state index in [2.05, 4.69) is 60.5 Å². The Labute approximate surface area is 727 Å². The number of aliphatic carboxylic acids is 1. The molecular weight excluding hydrogens is 1680 g/mol. The van der Waals surface area contributed by atoms with Gasteiger partial charge in [-0.1, -0.05) is 132 Å². The van der Waals surface area contributed by atoms with E-state index in [0.29, 0.717) is 75.7 Å². The number of esters is 2. The van der Waals surface area contributed by atoms with E-state index in [1.165, 1.54) is 90.5 Å². The normalized spacial score (nSPS) is 12.6. The van der Waals surface area contributed by atoms with Crippen molar-refractivity contribution in [3.63, 3.8) is 0 Å². The van der Waals surface area contributed by atoms with Gasteiger partial charge in [0.15, 0.2) is 0 Å². The molecule has 125 heavy (non-hydrogen) atoms. The number of H-pyrrole nitrogens is 1. The van der Waals surface area contributed by atoms with Crippen LogP contribution in [0.5, 0.6) is 17.2 Å². The standard InChI is InChI=1S/C28H32F4N2O4.C21H27F3N2O3.C15H18F3N3O.C14H24N2O2.C12H14F2O3.ClH/c1-18(19-8-9-20(24(29)14-19)17-37-13-12-35)25(36)11-10-22-16-26(27(2,3)4)33-34(22)21-6-5-7-23(15-21)38-28(30,31)32;1-19(2,3)17-13-15(10-11-18(27)29-20(4,5)6)26(25-17)14-8-7-9-16(12-14)28-21(22,23)24;1-14(2,3)13-8-11(9-19)21(20-13)10-5-4-6-12(7-10)22-15(16,17)18;1-13(2,3)11-9-10(15-16-11)7-8-12(17)18-14(4,5)6;1-8(12(15)16)9-2-3-10(11(14)6-9)7-17-5-4-13;/h5-9,14-16,18,35H,10-13,17H2,1-4H3;7-9,12-13H,10-11H2,1-6H3;4-8H,9,19H2,1-3H3;9H,7-8H2,1-6H3,(H,15,16);2-3,6,8H,4-5,7H2,1H3,(H,15,16);1H. The quantitative estimate of drug-likeness (QED) is 0.0201. The van der Waals surface area contributed by atoms with Crippen LogP contribution in [0, 0.1) is 11.6 Å². The third kappa shape index (κ3) is 37.4. The van der Waals surface area contributed by atoms with Gasteiger partial charge in [-0.3, -0.25) is 24.3 Å². The zero-order chi connectivity index (χ0) is 93.5.